The van der Waals surface area contributed by atoms with E-state index in [4.69, 9.17) is 0 Å². The summed E-state index contributed by atoms with van der Waals surface area (Å²) in [6.45, 7) is 0.753. The molecule has 72 valence electrons. The highest BCUT2D eigenvalue weighted by atomic mass is 79.9. The Bertz CT molecular complexity index is 461. The van der Waals surface area contributed by atoms with Gasteiger partial charge in [0.05, 0.1) is 0 Å². The van der Waals surface area contributed by atoms with Crippen LogP contribution in [0.3, 0.4) is 0 Å². The Kier molecular flexibility index (Phi) is 2.68. The molecule has 0 saturated carbocycles. The number of aldehydes is 1. The summed E-state index contributed by atoms with van der Waals surface area (Å²) in [5.41, 5.74) is 1.17. The Hall–Kier alpha value is -1.09. The van der Waals surface area contributed by atoms with Crippen molar-refractivity contribution in [3.05, 3.63) is 34.9 Å². The third-order valence-corrected chi connectivity index (χ3v) is 2.72. The normalized spacial score (nSPS) is 10.6. The minimum atomic E-state index is 0.566. The van der Waals surface area contributed by atoms with Crippen molar-refractivity contribution in [2.24, 2.45) is 0 Å². The van der Waals surface area contributed by atoms with Gasteiger partial charge in [0.1, 0.15) is 6.29 Å². The molecule has 0 aliphatic heterocycles. The molecule has 0 spiro atoms. The molecule has 0 aliphatic rings. The summed E-state index contributed by atoms with van der Waals surface area (Å²) in [6, 6.07) is 8.22. The molecule has 0 fully saturated rings. The Balaban J connectivity index is 2.44. The summed E-state index contributed by atoms with van der Waals surface area (Å²) < 4.78 is 3.16. The molecule has 0 atom stereocenters. The molecule has 0 amide bonds. The van der Waals surface area contributed by atoms with Gasteiger partial charge in [-0.3, -0.25) is 0 Å². The number of carbonyl (C=O) groups is 1. The number of aryl methyl sites for hydroxylation is 1. The maximum Gasteiger partial charge on any atom is 0.121 e. The van der Waals surface area contributed by atoms with Crippen LogP contribution < -0.4 is 0 Å². The van der Waals surface area contributed by atoms with Gasteiger partial charge >= 0.3 is 0 Å². The van der Waals surface area contributed by atoms with E-state index in [2.05, 4.69) is 38.7 Å². The number of hydrogen-bond donors (Lipinski definition) is 0. The number of carbonyl (C=O) groups excluding carboxylic acids is 1. The summed E-state index contributed by atoms with van der Waals surface area (Å²) in [4.78, 5) is 10.3. The van der Waals surface area contributed by atoms with Gasteiger partial charge in [-0.2, -0.15) is 0 Å². The quantitative estimate of drug-likeness (QED) is 0.769. The fraction of sp³-hybridized carbons (Fsp3) is 0.182. The lowest BCUT2D eigenvalue weighted by molar-refractivity contribution is -0.108. The van der Waals surface area contributed by atoms with Crippen LogP contribution in [0.25, 0.3) is 10.9 Å². The van der Waals surface area contributed by atoms with Gasteiger partial charge in [-0.25, -0.2) is 0 Å². The topological polar surface area (TPSA) is 22.0 Å². The third kappa shape index (κ3) is 1.73. The molecule has 1 heterocycles. The molecular formula is C11H10BrNO. The molecule has 0 radical (unpaired) electrons. The average molecular weight is 252 g/mol. The first-order valence-electron chi connectivity index (χ1n) is 4.49. The smallest absolute Gasteiger partial charge is 0.121 e. The second-order valence-corrected chi connectivity index (χ2v) is 4.08. The zero-order valence-corrected chi connectivity index (χ0v) is 9.20. The van der Waals surface area contributed by atoms with Crippen molar-refractivity contribution in [3.63, 3.8) is 0 Å². The first kappa shape index (κ1) is 9.46. The second-order valence-electron chi connectivity index (χ2n) is 3.17. The van der Waals surface area contributed by atoms with Gasteiger partial charge in [0.25, 0.3) is 0 Å². The number of hydrogen-bond acceptors (Lipinski definition) is 1. The fourth-order valence-corrected chi connectivity index (χ4v) is 1.89. The number of nitrogens with zero attached hydrogens (tertiary/aromatic N) is 1. The van der Waals surface area contributed by atoms with Crippen LogP contribution in [0.15, 0.2) is 34.9 Å². The maximum absolute atomic E-state index is 10.3. The van der Waals surface area contributed by atoms with Crippen LogP contribution in [-0.2, 0) is 11.3 Å². The summed E-state index contributed by atoms with van der Waals surface area (Å²) in [5.74, 6) is 0. The van der Waals surface area contributed by atoms with Crippen molar-refractivity contribution in [1.29, 1.82) is 0 Å². The van der Waals surface area contributed by atoms with Gasteiger partial charge < -0.3 is 9.36 Å². The molecule has 0 bridgehead atoms. The van der Waals surface area contributed by atoms with Crippen molar-refractivity contribution < 1.29 is 4.79 Å². The van der Waals surface area contributed by atoms with E-state index in [0.717, 1.165) is 17.3 Å². The van der Waals surface area contributed by atoms with Crippen LogP contribution in [-0.4, -0.2) is 10.9 Å². The summed E-state index contributed by atoms with van der Waals surface area (Å²) in [6.07, 6.45) is 3.53. The molecule has 2 nitrogen and oxygen atoms in total. The number of aromatic nitrogens is 1. The van der Waals surface area contributed by atoms with Crippen LogP contribution in [0.2, 0.25) is 0 Å². The minimum Gasteiger partial charge on any atom is -0.347 e. The van der Waals surface area contributed by atoms with E-state index < -0.39 is 0 Å². The van der Waals surface area contributed by atoms with Crippen molar-refractivity contribution in [3.8, 4) is 0 Å². The molecule has 3 heteroatoms. The number of rotatable bonds is 3. The minimum absolute atomic E-state index is 0.566. The Morgan fingerprint density at radius 3 is 3.00 bits per heavy atom. The molecule has 2 aromatic rings. The molecule has 1 aromatic heterocycles. The zero-order chi connectivity index (χ0) is 9.97. The first-order chi connectivity index (χ1) is 6.81. The van der Waals surface area contributed by atoms with E-state index in [1.165, 1.54) is 10.9 Å². The van der Waals surface area contributed by atoms with Gasteiger partial charge in [-0.05, 0) is 23.6 Å². The van der Waals surface area contributed by atoms with Gasteiger partial charge in [0.2, 0.25) is 0 Å². The van der Waals surface area contributed by atoms with Gasteiger partial charge in [0.15, 0.2) is 0 Å². The summed E-state index contributed by atoms with van der Waals surface area (Å²) in [5, 5.41) is 1.21. The predicted octanol–water partition coefficient (Wildman–Crippen LogP) is 2.99. The Labute approximate surface area is 90.7 Å². The number of halogens is 1. The summed E-state index contributed by atoms with van der Waals surface area (Å²) >= 11 is 3.44. The van der Waals surface area contributed by atoms with Gasteiger partial charge in [-0.1, -0.05) is 22.0 Å². The van der Waals surface area contributed by atoms with E-state index >= 15 is 0 Å². The largest absolute Gasteiger partial charge is 0.347 e. The fourth-order valence-electron chi connectivity index (χ4n) is 1.54. The van der Waals surface area contributed by atoms with E-state index in [9.17, 15) is 4.79 Å². The van der Waals surface area contributed by atoms with E-state index in [1.54, 1.807) is 0 Å². The van der Waals surface area contributed by atoms with Gasteiger partial charge in [0, 0.05) is 29.2 Å². The van der Waals surface area contributed by atoms with E-state index in [0.29, 0.717) is 6.42 Å². The molecular weight excluding hydrogens is 242 g/mol. The van der Waals surface area contributed by atoms with Crippen LogP contribution in [0, 0.1) is 0 Å². The zero-order valence-electron chi connectivity index (χ0n) is 7.61. The lowest BCUT2D eigenvalue weighted by Gasteiger charge is -2.02. The second kappa shape index (κ2) is 3.96. The standard InChI is InChI=1S/C11H10BrNO/c12-10-3-2-9-4-6-13(5-1-7-14)11(9)8-10/h2-4,6-8H,1,5H2. The lowest BCUT2D eigenvalue weighted by atomic mass is 10.2. The Morgan fingerprint density at radius 2 is 2.21 bits per heavy atom. The van der Waals surface area contributed by atoms with Crippen molar-refractivity contribution >= 4 is 33.1 Å². The lowest BCUT2D eigenvalue weighted by Crippen LogP contribution is -1.95. The highest BCUT2D eigenvalue weighted by Crippen LogP contribution is 2.20. The van der Waals surface area contributed by atoms with Crippen LogP contribution in [0.4, 0.5) is 0 Å². The maximum atomic E-state index is 10.3. The molecule has 0 N–H and O–H groups in total. The summed E-state index contributed by atoms with van der Waals surface area (Å²) in [7, 11) is 0. The average Bonchev–Trinajstić information content (AvgIpc) is 2.57. The van der Waals surface area contributed by atoms with Gasteiger partial charge in [-0.15, -0.1) is 0 Å². The van der Waals surface area contributed by atoms with Crippen LogP contribution in [0.5, 0.6) is 0 Å². The van der Waals surface area contributed by atoms with Crippen molar-refractivity contribution in [2.45, 2.75) is 13.0 Å². The predicted molar refractivity (Wildman–Crippen MR) is 60.3 cm³/mol. The molecule has 0 unspecified atom stereocenters. The molecule has 14 heavy (non-hydrogen) atoms. The monoisotopic (exact) mass is 251 g/mol. The van der Waals surface area contributed by atoms with Crippen LogP contribution in [0.1, 0.15) is 6.42 Å². The molecule has 0 saturated heterocycles. The van der Waals surface area contributed by atoms with Crippen LogP contribution >= 0.6 is 15.9 Å². The van der Waals surface area contributed by atoms with Crippen molar-refractivity contribution in [1.82, 2.24) is 4.57 Å². The number of benzene rings is 1. The molecule has 2 rings (SSSR count). The molecule has 0 aliphatic carbocycles. The molecule has 1 aromatic carbocycles. The first-order valence-corrected chi connectivity index (χ1v) is 5.28. The third-order valence-electron chi connectivity index (χ3n) is 2.22. The van der Waals surface area contributed by atoms with E-state index in [1.807, 2.05) is 12.3 Å². The highest BCUT2D eigenvalue weighted by Gasteiger charge is 2.00. The van der Waals surface area contributed by atoms with E-state index in [-0.39, 0.29) is 0 Å². The Morgan fingerprint density at radius 1 is 1.36 bits per heavy atom. The number of fused-ring (bicyclic) bond motifs is 1. The van der Waals surface area contributed by atoms with Crippen molar-refractivity contribution in [2.75, 3.05) is 0 Å². The SMILES string of the molecule is O=CCCn1ccc2ccc(Br)cc21. The highest BCUT2D eigenvalue weighted by molar-refractivity contribution is 9.10.